The van der Waals surface area contributed by atoms with Crippen molar-refractivity contribution in [1.29, 1.82) is 0 Å². The molecule has 3 nitrogen and oxygen atoms in total. The summed E-state index contributed by atoms with van der Waals surface area (Å²) in [6, 6.07) is 0. The number of hydrogen-bond donors (Lipinski definition) is 1. The predicted molar refractivity (Wildman–Crippen MR) is 78.0 cm³/mol. The number of nitrogens with zero attached hydrogens (tertiary/aromatic N) is 1. The van der Waals surface area contributed by atoms with Crippen LogP contribution in [-0.4, -0.2) is 50.3 Å². The molecule has 1 N–H and O–H groups in total. The third-order valence-corrected chi connectivity index (χ3v) is 3.84. The molecule has 3 heteroatoms. The molecule has 1 rings (SSSR count). The van der Waals surface area contributed by atoms with Gasteiger partial charge in [0.25, 0.3) is 0 Å². The fourth-order valence-electron chi connectivity index (χ4n) is 2.50. The SMILES string of the molecule is CCC1CCN(CCNCCCOC(C)C)CC1. The lowest BCUT2D eigenvalue weighted by Gasteiger charge is -2.31. The molecule has 0 atom stereocenters. The summed E-state index contributed by atoms with van der Waals surface area (Å²) in [5, 5.41) is 3.51. The van der Waals surface area contributed by atoms with Gasteiger partial charge in [-0.1, -0.05) is 13.3 Å². The molecule has 0 radical (unpaired) electrons. The second kappa shape index (κ2) is 9.76. The summed E-state index contributed by atoms with van der Waals surface area (Å²) < 4.78 is 5.51. The number of nitrogens with one attached hydrogen (secondary N) is 1. The molecule has 1 saturated heterocycles. The average molecular weight is 256 g/mol. The molecule has 0 amide bonds. The highest BCUT2D eigenvalue weighted by Gasteiger charge is 2.16. The quantitative estimate of drug-likeness (QED) is 0.642. The van der Waals surface area contributed by atoms with Gasteiger partial charge < -0.3 is 15.0 Å². The highest BCUT2D eigenvalue weighted by Crippen LogP contribution is 2.19. The van der Waals surface area contributed by atoms with Crippen molar-refractivity contribution in [2.75, 3.05) is 39.3 Å². The van der Waals surface area contributed by atoms with Crippen LogP contribution in [0.4, 0.5) is 0 Å². The van der Waals surface area contributed by atoms with E-state index >= 15 is 0 Å². The number of hydrogen-bond acceptors (Lipinski definition) is 3. The van der Waals surface area contributed by atoms with Crippen LogP contribution in [0.5, 0.6) is 0 Å². The molecule has 18 heavy (non-hydrogen) atoms. The van der Waals surface area contributed by atoms with Gasteiger partial charge in [-0.25, -0.2) is 0 Å². The minimum atomic E-state index is 0.366. The van der Waals surface area contributed by atoms with Gasteiger partial charge in [0.1, 0.15) is 0 Å². The Morgan fingerprint density at radius 3 is 2.56 bits per heavy atom. The molecule has 1 aliphatic heterocycles. The first-order valence-electron chi connectivity index (χ1n) is 7.77. The van der Waals surface area contributed by atoms with E-state index in [0.29, 0.717) is 6.10 Å². The second-order valence-electron chi connectivity index (χ2n) is 5.72. The van der Waals surface area contributed by atoms with Crippen molar-refractivity contribution < 1.29 is 4.74 Å². The van der Waals surface area contributed by atoms with Crippen LogP contribution in [0.25, 0.3) is 0 Å². The Labute approximate surface area is 113 Å². The van der Waals surface area contributed by atoms with Gasteiger partial charge in [0.05, 0.1) is 6.10 Å². The second-order valence-corrected chi connectivity index (χ2v) is 5.72. The molecular weight excluding hydrogens is 224 g/mol. The molecular formula is C15H32N2O. The van der Waals surface area contributed by atoms with Crippen LogP contribution >= 0.6 is 0 Å². The minimum Gasteiger partial charge on any atom is -0.379 e. The molecule has 0 saturated carbocycles. The Morgan fingerprint density at radius 1 is 1.22 bits per heavy atom. The van der Waals surface area contributed by atoms with Crippen molar-refractivity contribution in [2.45, 2.75) is 52.6 Å². The van der Waals surface area contributed by atoms with Crippen molar-refractivity contribution in [1.82, 2.24) is 10.2 Å². The zero-order valence-corrected chi connectivity index (χ0v) is 12.6. The Hall–Kier alpha value is -0.120. The zero-order chi connectivity index (χ0) is 13.2. The summed E-state index contributed by atoms with van der Waals surface area (Å²) in [5.41, 5.74) is 0. The van der Waals surface area contributed by atoms with Crippen LogP contribution in [0.15, 0.2) is 0 Å². The van der Waals surface area contributed by atoms with E-state index < -0.39 is 0 Å². The van der Waals surface area contributed by atoms with Crippen LogP contribution < -0.4 is 5.32 Å². The van der Waals surface area contributed by atoms with Crippen molar-refractivity contribution in [2.24, 2.45) is 5.92 Å². The van der Waals surface area contributed by atoms with E-state index in [1.165, 1.54) is 38.9 Å². The van der Waals surface area contributed by atoms with Gasteiger partial charge in [-0.2, -0.15) is 0 Å². The van der Waals surface area contributed by atoms with E-state index in [-0.39, 0.29) is 0 Å². The van der Waals surface area contributed by atoms with Gasteiger partial charge in [-0.05, 0) is 58.7 Å². The number of piperidine rings is 1. The van der Waals surface area contributed by atoms with Gasteiger partial charge in [0, 0.05) is 19.7 Å². The first kappa shape index (κ1) is 15.9. The number of likely N-dealkylation sites (tertiary alicyclic amines) is 1. The van der Waals surface area contributed by atoms with Crippen LogP contribution in [0.1, 0.15) is 46.5 Å². The molecule has 0 bridgehead atoms. The maximum Gasteiger partial charge on any atom is 0.0518 e. The fraction of sp³-hybridized carbons (Fsp3) is 1.00. The summed E-state index contributed by atoms with van der Waals surface area (Å²) in [6.45, 7) is 13.4. The van der Waals surface area contributed by atoms with Crippen molar-refractivity contribution in [3.63, 3.8) is 0 Å². The largest absolute Gasteiger partial charge is 0.379 e. The molecule has 0 aliphatic carbocycles. The summed E-state index contributed by atoms with van der Waals surface area (Å²) in [7, 11) is 0. The maximum atomic E-state index is 5.51. The smallest absolute Gasteiger partial charge is 0.0518 e. The van der Waals surface area contributed by atoms with Crippen LogP contribution in [0, 0.1) is 5.92 Å². The number of ether oxygens (including phenoxy) is 1. The third-order valence-electron chi connectivity index (χ3n) is 3.84. The van der Waals surface area contributed by atoms with E-state index in [1.54, 1.807) is 0 Å². The highest BCUT2D eigenvalue weighted by molar-refractivity contribution is 4.71. The lowest BCUT2D eigenvalue weighted by Crippen LogP contribution is -2.38. The molecule has 0 aromatic heterocycles. The van der Waals surface area contributed by atoms with Gasteiger partial charge in [-0.15, -0.1) is 0 Å². The molecule has 0 spiro atoms. The molecule has 1 fully saturated rings. The standard InChI is InChI=1S/C15H32N2O/c1-4-15-6-10-17(11-7-15)12-9-16-8-5-13-18-14(2)3/h14-16H,4-13H2,1-3H3. The Balaban J connectivity index is 1.86. The van der Waals surface area contributed by atoms with E-state index in [2.05, 4.69) is 31.0 Å². The van der Waals surface area contributed by atoms with E-state index in [9.17, 15) is 0 Å². The average Bonchev–Trinajstić information content (AvgIpc) is 2.38. The van der Waals surface area contributed by atoms with Crippen molar-refractivity contribution >= 4 is 0 Å². The summed E-state index contributed by atoms with van der Waals surface area (Å²) in [6.07, 6.45) is 5.65. The van der Waals surface area contributed by atoms with Gasteiger partial charge in [0.15, 0.2) is 0 Å². The van der Waals surface area contributed by atoms with Gasteiger partial charge in [0.2, 0.25) is 0 Å². The van der Waals surface area contributed by atoms with Gasteiger partial charge in [-0.3, -0.25) is 0 Å². The Morgan fingerprint density at radius 2 is 1.94 bits per heavy atom. The predicted octanol–water partition coefficient (Wildman–Crippen LogP) is 2.51. The van der Waals surface area contributed by atoms with Crippen LogP contribution in [0.2, 0.25) is 0 Å². The van der Waals surface area contributed by atoms with E-state index in [4.69, 9.17) is 4.74 Å². The zero-order valence-electron chi connectivity index (χ0n) is 12.6. The van der Waals surface area contributed by atoms with Crippen molar-refractivity contribution in [3.05, 3.63) is 0 Å². The summed E-state index contributed by atoms with van der Waals surface area (Å²) >= 11 is 0. The van der Waals surface area contributed by atoms with E-state index in [1.807, 2.05) is 0 Å². The first-order chi connectivity index (χ1) is 8.72. The highest BCUT2D eigenvalue weighted by atomic mass is 16.5. The normalized spacial score (nSPS) is 18.7. The van der Waals surface area contributed by atoms with Crippen LogP contribution in [-0.2, 0) is 4.74 Å². The molecule has 0 aromatic rings. The summed E-state index contributed by atoms with van der Waals surface area (Å²) in [4.78, 5) is 2.60. The Kier molecular flexibility index (Phi) is 8.64. The Bertz CT molecular complexity index is 189. The fourth-order valence-corrected chi connectivity index (χ4v) is 2.50. The van der Waals surface area contributed by atoms with E-state index in [0.717, 1.165) is 32.0 Å². The van der Waals surface area contributed by atoms with Gasteiger partial charge >= 0.3 is 0 Å². The monoisotopic (exact) mass is 256 g/mol. The third kappa shape index (κ3) is 7.34. The topological polar surface area (TPSA) is 24.5 Å². The molecule has 0 unspecified atom stereocenters. The van der Waals surface area contributed by atoms with Crippen molar-refractivity contribution in [3.8, 4) is 0 Å². The number of rotatable bonds is 9. The first-order valence-corrected chi connectivity index (χ1v) is 7.77. The summed E-state index contributed by atoms with van der Waals surface area (Å²) in [5.74, 6) is 0.988. The lowest BCUT2D eigenvalue weighted by molar-refractivity contribution is 0.0769. The molecule has 1 aliphatic rings. The molecule has 108 valence electrons. The minimum absolute atomic E-state index is 0.366. The lowest BCUT2D eigenvalue weighted by atomic mass is 9.94. The molecule has 0 aromatic carbocycles. The van der Waals surface area contributed by atoms with Crippen LogP contribution in [0.3, 0.4) is 0 Å². The maximum absolute atomic E-state index is 5.51. The molecule has 1 heterocycles.